The summed E-state index contributed by atoms with van der Waals surface area (Å²) in [4.78, 5) is 26.7. The van der Waals surface area contributed by atoms with Crippen LogP contribution in [0, 0.1) is 5.92 Å². The third-order valence-corrected chi connectivity index (χ3v) is 5.48. The fourth-order valence-electron chi connectivity index (χ4n) is 4.09. The molecule has 6 heteroatoms. The lowest BCUT2D eigenvalue weighted by molar-refractivity contribution is -0.137. The maximum absolute atomic E-state index is 12.6. The summed E-state index contributed by atoms with van der Waals surface area (Å²) in [7, 11) is 1.71. The quantitative estimate of drug-likeness (QED) is 0.854. The van der Waals surface area contributed by atoms with E-state index in [9.17, 15) is 9.59 Å². The smallest absolute Gasteiger partial charge is 0.342 e. The summed E-state index contributed by atoms with van der Waals surface area (Å²) in [5.74, 6) is 1.80. The van der Waals surface area contributed by atoms with Gasteiger partial charge in [-0.15, -0.1) is 0 Å². The first kappa shape index (κ1) is 16.3. The van der Waals surface area contributed by atoms with Crippen molar-refractivity contribution in [3.63, 3.8) is 0 Å². The highest BCUT2D eigenvalue weighted by atomic mass is 16.2. The molecule has 0 bridgehead atoms. The number of rotatable bonds is 3. The van der Waals surface area contributed by atoms with Crippen LogP contribution in [0.1, 0.15) is 63.6 Å². The van der Waals surface area contributed by atoms with E-state index in [2.05, 4.69) is 5.10 Å². The number of carbonyl (C=O) groups excluding carboxylic acids is 1. The minimum Gasteiger partial charge on any atom is -0.342 e. The van der Waals surface area contributed by atoms with E-state index in [1.165, 1.54) is 23.9 Å². The van der Waals surface area contributed by atoms with E-state index < -0.39 is 0 Å². The second-order valence-electron chi connectivity index (χ2n) is 6.94. The number of piperidine rings is 1. The van der Waals surface area contributed by atoms with Gasteiger partial charge in [-0.3, -0.25) is 9.36 Å². The normalized spacial score (nSPS) is 20.9. The molecule has 1 aliphatic carbocycles. The number of aromatic nitrogens is 3. The molecule has 2 fully saturated rings. The van der Waals surface area contributed by atoms with Gasteiger partial charge in [-0.1, -0.05) is 19.3 Å². The fraction of sp³-hybridized carbons (Fsp3) is 0.824. The van der Waals surface area contributed by atoms with Crippen molar-refractivity contribution in [2.24, 2.45) is 13.0 Å². The summed E-state index contributed by atoms with van der Waals surface area (Å²) >= 11 is 0. The molecule has 0 N–H and O–H groups in total. The topological polar surface area (TPSA) is 60.1 Å². The van der Waals surface area contributed by atoms with Crippen LogP contribution >= 0.6 is 0 Å². The largest absolute Gasteiger partial charge is 0.345 e. The molecular weight excluding hydrogens is 292 g/mol. The molecule has 1 saturated heterocycles. The average Bonchev–Trinajstić information content (AvgIpc) is 2.89. The molecule has 23 heavy (non-hydrogen) atoms. The molecule has 0 aromatic carbocycles. The molecule has 1 aromatic rings. The lowest BCUT2D eigenvalue weighted by Gasteiger charge is -2.34. The van der Waals surface area contributed by atoms with Crippen LogP contribution in [0.15, 0.2) is 4.79 Å². The Morgan fingerprint density at radius 2 is 1.78 bits per heavy atom. The molecule has 2 aliphatic rings. The van der Waals surface area contributed by atoms with E-state index in [1.807, 2.05) is 11.8 Å². The number of likely N-dealkylation sites (tertiary alicyclic amines) is 1. The van der Waals surface area contributed by atoms with Gasteiger partial charge in [0.2, 0.25) is 5.91 Å². The molecule has 0 radical (unpaired) electrons. The number of carbonyl (C=O) groups is 1. The third kappa shape index (κ3) is 3.21. The van der Waals surface area contributed by atoms with Crippen molar-refractivity contribution in [3.05, 3.63) is 16.3 Å². The van der Waals surface area contributed by atoms with Crippen LogP contribution in [-0.4, -0.2) is 38.2 Å². The Morgan fingerprint density at radius 1 is 1.13 bits per heavy atom. The van der Waals surface area contributed by atoms with Crippen molar-refractivity contribution in [2.75, 3.05) is 13.1 Å². The van der Waals surface area contributed by atoms with Gasteiger partial charge in [-0.05, 0) is 32.6 Å². The molecule has 1 aliphatic heterocycles. The monoisotopic (exact) mass is 320 g/mol. The highest BCUT2D eigenvalue weighted by molar-refractivity contribution is 5.79. The van der Waals surface area contributed by atoms with E-state index in [1.54, 1.807) is 11.6 Å². The van der Waals surface area contributed by atoms with Crippen LogP contribution in [0.5, 0.6) is 0 Å². The number of aryl methyl sites for hydroxylation is 1. The summed E-state index contributed by atoms with van der Waals surface area (Å²) in [5, 5.41) is 4.43. The van der Waals surface area contributed by atoms with E-state index in [4.69, 9.17) is 0 Å². The van der Waals surface area contributed by atoms with Crippen LogP contribution in [0.2, 0.25) is 0 Å². The van der Waals surface area contributed by atoms with Crippen LogP contribution in [-0.2, 0) is 18.4 Å². The number of nitrogens with zero attached hydrogens (tertiary/aromatic N) is 4. The maximum Gasteiger partial charge on any atom is 0.345 e. The van der Waals surface area contributed by atoms with Crippen LogP contribution in [0.3, 0.4) is 0 Å². The molecule has 1 aromatic heterocycles. The zero-order valence-corrected chi connectivity index (χ0v) is 14.3. The van der Waals surface area contributed by atoms with Gasteiger partial charge in [0.25, 0.3) is 0 Å². The maximum atomic E-state index is 12.6. The second-order valence-corrected chi connectivity index (χ2v) is 6.94. The average molecular weight is 320 g/mol. The number of hydrogen-bond donors (Lipinski definition) is 0. The SMILES string of the molecule is CCn1c(C2CCN(C(=O)C3CCCCC3)CC2)nn(C)c1=O. The van der Waals surface area contributed by atoms with Crippen LogP contribution in [0.25, 0.3) is 0 Å². The van der Waals surface area contributed by atoms with Crippen molar-refractivity contribution in [2.45, 2.75) is 64.3 Å². The van der Waals surface area contributed by atoms with Crippen molar-refractivity contribution in [3.8, 4) is 0 Å². The molecule has 6 nitrogen and oxygen atoms in total. The van der Waals surface area contributed by atoms with E-state index in [0.717, 1.165) is 44.6 Å². The highest BCUT2D eigenvalue weighted by Gasteiger charge is 2.31. The third-order valence-electron chi connectivity index (χ3n) is 5.48. The standard InChI is InChI=1S/C17H28N4O2/c1-3-21-15(18-19(2)17(21)23)13-9-11-20(12-10-13)16(22)14-7-5-4-6-8-14/h13-14H,3-12H2,1-2H3. The predicted molar refractivity (Wildman–Crippen MR) is 88.3 cm³/mol. The van der Waals surface area contributed by atoms with Gasteiger partial charge >= 0.3 is 5.69 Å². The Morgan fingerprint density at radius 3 is 2.39 bits per heavy atom. The summed E-state index contributed by atoms with van der Waals surface area (Å²) < 4.78 is 3.20. The van der Waals surface area contributed by atoms with Gasteiger partial charge in [0.05, 0.1) is 0 Å². The van der Waals surface area contributed by atoms with Crippen molar-refractivity contribution >= 4 is 5.91 Å². The zero-order valence-electron chi connectivity index (χ0n) is 14.3. The minimum absolute atomic E-state index is 0.0387. The lowest BCUT2D eigenvalue weighted by atomic mass is 9.87. The molecule has 0 atom stereocenters. The molecule has 3 rings (SSSR count). The first-order valence-corrected chi connectivity index (χ1v) is 9.04. The minimum atomic E-state index is -0.0387. The Bertz CT molecular complexity index is 605. The van der Waals surface area contributed by atoms with Gasteiger partial charge in [-0.25, -0.2) is 9.48 Å². The Balaban J connectivity index is 1.63. The van der Waals surface area contributed by atoms with Gasteiger partial charge in [-0.2, -0.15) is 5.10 Å². The van der Waals surface area contributed by atoms with E-state index >= 15 is 0 Å². The predicted octanol–water partition coefficient (Wildman–Crippen LogP) is 1.89. The summed E-state index contributed by atoms with van der Waals surface area (Å²) in [6.07, 6.45) is 7.62. The van der Waals surface area contributed by atoms with Gasteiger partial charge in [0, 0.05) is 38.5 Å². The molecule has 1 saturated carbocycles. The van der Waals surface area contributed by atoms with Gasteiger partial charge in [0.15, 0.2) is 0 Å². The molecule has 1 amide bonds. The highest BCUT2D eigenvalue weighted by Crippen LogP contribution is 2.30. The van der Waals surface area contributed by atoms with Crippen molar-refractivity contribution < 1.29 is 4.79 Å². The van der Waals surface area contributed by atoms with E-state index in [-0.39, 0.29) is 11.6 Å². The number of hydrogen-bond acceptors (Lipinski definition) is 3. The van der Waals surface area contributed by atoms with Gasteiger partial charge < -0.3 is 4.90 Å². The second kappa shape index (κ2) is 6.89. The molecule has 128 valence electrons. The van der Waals surface area contributed by atoms with E-state index in [0.29, 0.717) is 18.4 Å². The summed E-state index contributed by atoms with van der Waals surface area (Å²) in [6.45, 7) is 4.24. The number of amides is 1. The fourth-order valence-corrected chi connectivity index (χ4v) is 4.09. The molecule has 0 unspecified atom stereocenters. The Kier molecular flexibility index (Phi) is 4.87. The molecular formula is C17H28N4O2. The lowest BCUT2D eigenvalue weighted by Crippen LogP contribution is -2.42. The van der Waals surface area contributed by atoms with Crippen molar-refractivity contribution in [1.82, 2.24) is 19.2 Å². The summed E-state index contributed by atoms with van der Waals surface area (Å²) in [5.41, 5.74) is -0.0387. The Hall–Kier alpha value is -1.59. The summed E-state index contributed by atoms with van der Waals surface area (Å²) in [6, 6.07) is 0. The first-order chi connectivity index (χ1) is 11.1. The van der Waals surface area contributed by atoms with Crippen LogP contribution in [0.4, 0.5) is 0 Å². The Labute approximate surface area is 137 Å². The first-order valence-electron chi connectivity index (χ1n) is 9.04. The zero-order chi connectivity index (χ0) is 16.4. The van der Waals surface area contributed by atoms with Crippen LogP contribution < -0.4 is 5.69 Å². The van der Waals surface area contributed by atoms with Gasteiger partial charge in [0.1, 0.15) is 5.82 Å². The molecule has 0 spiro atoms. The molecule has 2 heterocycles. The van der Waals surface area contributed by atoms with Crippen molar-refractivity contribution in [1.29, 1.82) is 0 Å².